The van der Waals surface area contributed by atoms with Gasteiger partial charge in [0.2, 0.25) is 5.91 Å². The van der Waals surface area contributed by atoms with Crippen LogP contribution in [-0.2, 0) is 11.3 Å². The highest BCUT2D eigenvalue weighted by atomic mass is 32.2. The van der Waals surface area contributed by atoms with Crippen LogP contribution in [0.5, 0.6) is 0 Å². The first-order chi connectivity index (χ1) is 9.66. The highest BCUT2D eigenvalue weighted by Crippen LogP contribution is 2.20. The van der Waals surface area contributed by atoms with E-state index in [1.54, 1.807) is 0 Å². The number of amides is 1. The summed E-state index contributed by atoms with van der Waals surface area (Å²) in [5.74, 6) is 0.837. The predicted octanol–water partition coefficient (Wildman–Crippen LogP) is 2.44. The minimum Gasteiger partial charge on any atom is -0.341 e. The van der Waals surface area contributed by atoms with Crippen molar-refractivity contribution in [2.45, 2.75) is 31.6 Å². The fourth-order valence-corrected chi connectivity index (χ4v) is 3.56. The highest BCUT2D eigenvalue weighted by Gasteiger charge is 2.17. The van der Waals surface area contributed by atoms with Crippen LogP contribution in [0.2, 0.25) is 0 Å². The Labute approximate surface area is 126 Å². The Morgan fingerprint density at radius 3 is 2.75 bits per heavy atom. The molecule has 1 aliphatic heterocycles. The van der Waals surface area contributed by atoms with Crippen LogP contribution >= 0.6 is 11.8 Å². The first-order valence-corrected chi connectivity index (χ1v) is 8.32. The van der Waals surface area contributed by atoms with Gasteiger partial charge in [-0.15, -0.1) is 11.8 Å². The van der Waals surface area contributed by atoms with Gasteiger partial charge in [-0.25, -0.2) is 0 Å². The van der Waals surface area contributed by atoms with Gasteiger partial charge >= 0.3 is 0 Å². The Kier molecular flexibility index (Phi) is 5.92. The molecule has 1 heterocycles. The zero-order valence-electron chi connectivity index (χ0n) is 12.4. The van der Waals surface area contributed by atoms with Gasteiger partial charge < -0.3 is 10.2 Å². The topological polar surface area (TPSA) is 32.3 Å². The number of hydrogen-bond donors (Lipinski definition) is 1. The molecule has 20 heavy (non-hydrogen) atoms. The Balaban J connectivity index is 1.78. The van der Waals surface area contributed by atoms with E-state index in [1.165, 1.54) is 24.0 Å². The van der Waals surface area contributed by atoms with Crippen molar-refractivity contribution in [3.63, 3.8) is 0 Å². The molecular weight excluding hydrogens is 268 g/mol. The van der Waals surface area contributed by atoms with Gasteiger partial charge in [0.1, 0.15) is 0 Å². The van der Waals surface area contributed by atoms with Crippen LogP contribution in [-0.4, -0.2) is 41.9 Å². The monoisotopic (exact) mass is 292 g/mol. The number of rotatable bonds is 5. The summed E-state index contributed by atoms with van der Waals surface area (Å²) in [6.45, 7) is 4.98. The maximum atomic E-state index is 12.2. The molecule has 2 rings (SSSR count). The number of carbonyl (C=O) groups excluding carboxylic acids is 1. The van der Waals surface area contributed by atoms with Crippen molar-refractivity contribution in [1.82, 2.24) is 10.2 Å². The van der Waals surface area contributed by atoms with Crippen molar-refractivity contribution in [2.24, 2.45) is 0 Å². The van der Waals surface area contributed by atoms with E-state index in [-0.39, 0.29) is 5.91 Å². The molecular formula is C16H24N2OS. The number of hydrogen-bond acceptors (Lipinski definition) is 3. The Hall–Kier alpha value is -1.000. The standard InChI is InChI=1S/C16H24N2OS/c1-13-5-3-4-6-14(13)11-18(2)16(19)12-20-15-7-9-17-10-8-15/h3-6,15,17H,7-12H2,1-2H3. The van der Waals surface area contributed by atoms with Crippen molar-refractivity contribution < 1.29 is 4.79 Å². The summed E-state index contributed by atoms with van der Waals surface area (Å²) in [5, 5.41) is 4.00. The molecule has 1 aliphatic rings. The lowest BCUT2D eigenvalue weighted by Gasteiger charge is -2.23. The average molecular weight is 292 g/mol. The molecule has 3 nitrogen and oxygen atoms in total. The Bertz CT molecular complexity index is 444. The SMILES string of the molecule is Cc1ccccc1CN(C)C(=O)CSC1CCNCC1. The zero-order chi connectivity index (χ0) is 14.4. The molecule has 1 saturated heterocycles. The van der Waals surface area contributed by atoms with Gasteiger partial charge in [0.05, 0.1) is 5.75 Å². The maximum absolute atomic E-state index is 12.2. The van der Waals surface area contributed by atoms with E-state index in [0.29, 0.717) is 17.5 Å². The normalized spacial score (nSPS) is 16.1. The van der Waals surface area contributed by atoms with Crippen molar-refractivity contribution in [2.75, 3.05) is 25.9 Å². The van der Waals surface area contributed by atoms with E-state index in [4.69, 9.17) is 0 Å². The molecule has 110 valence electrons. The van der Waals surface area contributed by atoms with Crippen LogP contribution < -0.4 is 5.32 Å². The second-order valence-electron chi connectivity index (χ2n) is 5.44. The number of thioether (sulfide) groups is 1. The van der Waals surface area contributed by atoms with Gasteiger partial charge in [0.25, 0.3) is 0 Å². The van der Waals surface area contributed by atoms with E-state index in [0.717, 1.165) is 13.1 Å². The van der Waals surface area contributed by atoms with Crippen LogP contribution in [0.1, 0.15) is 24.0 Å². The Morgan fingerprint density at radius 1 is 1.35 bits per heavy atom. The molecule has 1 amide bonds. The molecule has 0 saturated carbocycles. The molecule has 4 heteroatoms. The van der Waals surface area contributed by atoms with Crippen LogP contribution in [0.4, 0.5) is 0 Å². The van der Waals surface area contributed by atoms with Gasteiger partial charge in [0.15, 0.2) is 0 Å². The van der Waals surface area contributed by atoms with Crippen molar-refractivity contribution in [3.8, 4) is 0 Å². The fraction of sp³-hybridized carbons (Fsp3) is 0.562. The third-order valence-electron chi connectivity index (χ3n) is 3.82. The predicted molar refractivity (Wildman–Crippen MR) is 86.0 cm³/mol. The zero-order valence-corrected chi connectivity index (χ0v) is 13.2. The minimum atomic E-state index is 0.233. The van der Waals surface area contributed by atoms with Gasteiger partial charge in [0, 0.05) is 18.8 Å². The third kappa shape index (κ3) is 4.53. The molecule has 1 aromatic carbocycles. The maximum Gasteiger partial charge on any atom is 0.232 e. The first kappa shape index (κ1) is 15.4. The second-order valence-corrected chi connectivity index (χ2v) is 6.73. The number of benzene rings is 1. The summed E-state index contributed by atoms with van der Waals surface area (Å²) in [5.41, 5.74) is 2.48. The van der Waals surface area contributed by atoms with E-state index in [2.05, 4.69) is 24.4 Å². The summed E-state index contributed by atoms with van der Waals surface area (Å²) >= 11 is 1.82. The molecule has 0 atom stereocenters. The molecule has 0 aliphatic carbocycles. The number of carbonyl (C=O) groups is 1. The Morgan fingerprint density at radius 2 is 2.05 bits per heavy atom. The van der Waals surface area contributed by atoms with Crippen LogP contribution in [0.15, 0.2) is 24.3 Å². The molecule has 0 spiro atoms. The van der Waals surface area contributed by atoms with Crippen molar-refractivity contribution >= 4 is 17.7 Å². The lowest BCUT2D eigenvalue weighted by Crippen LogP contribution is -2.32. The summed E-state index contributed by atoms with van der Waals surface area (Å²) in [6, 6.07) is 8.26. The summed E-state index contributed by atoms with van der Waals surface area (Å²) in [4.78, 5) is 14.0. The van der Waals surface area contributed by atoms with Crippen LogP contribution in [0.25, 0.3) is 0 Å². The molecule has 0 bridgehead atoms. The van der Waals surface area contributed by atoms with Gasteiger partial charge in [-0.05, 0) is 44.0 Å². The summed E-state index contributed by atoms with van der Waals surface area (Å²) < 4.78 is 0. The van der Waals surface area contributed by atoms with E-state index in [9.17, 15) is 4.79 Å². The van der Waals surface area contributed by atoms with Crippen molar-refractivity contribution in [1.29, 1.82) is 0 Å². The van der Waals surface area contributed by atoms with Gasteiger partial charge in [-0.2, -0.15) is 0 Å². The van der Waals surface area contributed by atoms with Gasteiger partial charge in [-0.3, -0.25) is 4.79 Å². The average Bonchev–Trinajstić information content (AvgIpc) is 2.48. The molecule has 1 aromatic rings. The van der Waals surface area contributed by atoms with E-state index >= 15 is 0 Å². The lowest BCUT2D eigenvalue weighted by atomic mass is 10.1. The fourth-order valence-electron chi connectivity index (χ4n) is 2.39. The highest BCUT2D eigenvalue weighted by molar-refractivity contribution is 8.00. The molecule has 0 unspecified atom stereocenters. The summed E-state index contributed by atoms with van der Waals surface area (Å²) in [6.07, 6.45) is 2.36. The molecule has 1 N–H and O–H groups in total. The number of aryl methyl sites for hydroxylation is 1. The van der Waals surface area contributed by atoms with E-state index < -0.39 is 0 Å². The van der Waals surface area contributed by atoms with E-state index in [1.807, 2.05) is 35.8 Å². The van der Waals surface area contributed by atoms with Crippen LogP contribution in [0.3, 0.4) is 0 Å². The minimum absolute atomic E-state index is 0.233. The lowest BCUT2D eigenvalue weighted by molar-refractivity contribution is -0.127. The van der Waals surface area contributed by atoms with Crippen LogP contribution in [0, 0.1) is 6.92 Å². The number of nitrogens with zero attached hydrogens (tertiary/aromatic N) is 1. The largest absolute Gasteiger partial charge is 0.341 e. The third-order valence-corrected chi connectivity index (χ3v) is 5.18. The second kappa shape index (κ2) is 7.70. The number of piperidine rings is 1. The van der Waals surface area contributed by atoms with Gasteiger partial charge in [-0.1, -0.05) is 24.3 Å². The smallest absolute Gasteiger partial charge is 0.232 e. The number of nitrogens with one attached hydrogen (secondary N) is 1. The first-order valence-electron chi connectivity index (χ1n) is 7.27. The summed E-state index contributed by atoms with van der Waals surface area (Å²) in [7, 11) is 1.90. The quantitative estimate of drug-likeness (QED) is 0.904. The molecule has 0 aromatic heterocycles. The van der Waals surface area contributed by atoms with Crippen molar-refractivity contribution in [3.05, 3.63) is 35.4 Å². The molecule has 1 fully saturated rings. The molecule has 0 radical (unpaired) electrons.